The van der Waals surface area contributed by atoms with Gasteiger partial charge in [-0.15, -0.1) is 0 Å². The van der Waals surface area contributed by atoms with Gasteiger partial charge in [0.1, 0.15) is 11.9 Å². The minimum absolute atomic E-state index is 0.253. The number of nitrogens with two attached hydrogens (primary N) is 1. The predicted octanol–water partition coefficient (Wildman–Crippen LogP) is 0.0697. The van der Waals surface area contributed by atoms with E-state index in [9.17, 15) is 9.59 Å². The zero-order valence-corrected chi connectivity index (χ0v) is 11.1. The highest BCUT2D eigenvalue weighted by molar-refractivity contribution is 6.30. The summed E-state index contributed by atoms with van der Waals surface area (Å²) >= 11 is 5.78. The molecule has 2 atom stereocenters. The number of aliphatic hydroxyl groups excluding tert-OH is 1. The van der Waals surface area contributed by atoms with Crippen molar-refractivity contribution in [2.24, 2.45) is 5.73 Å². The van der Waals surface area contributed by atoms with Crippen molar-refractivity contribution in [2.75, 3.05) is 6.54 Å². The topological polar surface area (TPSA) is 102 Å². The number of hydrogen-bond donors (Lipinski definition) is 3. The third kappa shape index (κ3) is 5.15. The lowest BCUT2D eigenvalue weighted by atomic mass is 10.3. The van der Waals surface area contributed by atoms with Crippen molar-refractivity contribution >= 4 is 23.4 Å². The van der Waals surface area contributed by atoms with Crippen LogP contribution in [0.15, 0.2) is 24.3 Å². The van der Waals surface area contributed by atoms with Crippen molar-refractivity contribution in [1.82, 2.24) is 5.32 Å². The molecule has 1 rings (SSSR count). The van der Waals surface area contributed by atoms with Gasteiger partial charge < -0.3 is 20.9 Å². The molecule has 4 N–H and O–H groups in total. The van der Waals surface area contributed by atoms with Gasteiger partial charge in [0, 0.05) is 5.02 Å². The average Bonchev–Trinajstić information content (AvgIpc) is 2.35. The normalized spacial score (nSPS) is 13.4. The van der Waals surface area contributed by atoms with Crippen LogP contribution in [0, 0.1) is 0 Å². The van der Waals surface area contributed by atoms with E-state index < -0.39 is 24.0 Å². The van der Waals surface area contributed by atoms with E-state index in [0.29, 0.717) is 10.8 Å². The van der Waals surface area contributed by atoms with Crippen LogP contribution < -0.4 is 15.8 Å². The number of carbonyl (C=O) groups excluding carboxylic acids is 2. The molecule has 0 aliphatic carbocycles. The molecule has 1 aromatic rings. The molecule has 0 saturated heterocycles. The molecule has 0 aliphatic heterocycles. The molecule has 0 saturated carbocycles. The monoisotopic (exact) mass is 286 g/mol. The number of nitrogens with one attached hydrogen (secondary N) is 1. The van der Waals surface area contributed by atoms with Crippen molar-refractivity contribution in [3.8, 4) is 5.75 Å². The van der Waals surface area contributed by atoms with Gasteiger partial charge in [0.15, 0.2) is 6.10 Å². The number of rotatable bonds is 6. The third-order valence-corrected chi connectivity index (χ3v) is 2.51. The van der Waals surface area contributed by atoms with Gasteiger partial charge in [0.05, 0.1) is 6.54 Å². The van der Waals surface area contributed by atoms with E-state index in [2.05, 4.69) is 5.32 Å². The fourth-order valence-corrected chi connectivity index (χ4v) is 1.42. The Morgan fingerprint density at radius 1 is 1.53 bits per heavy atom. The summed E-state index contributed by atoms with van der Waals surface area (Å²) in [6, 6.07) is 6.61. The molecule has 0 aliphatic rings. The van der Waals surface area contributed by atoms with Crippen molar-refractivity contribution in [1.29, 1.82) is 0 Å². The number of carbonyl (C=O) groups is 2. The summed E-state index contributed by atoms with van der Waals surface area (Å²) in [6.07, 6.45) is -2.21. The van der Waals surface area contributed by atoms with Crippen LogP contribution in [0.2, 0.25) is 5.02 Å². The summed E-state index contributed by atoms with van der Waals surface area (Å²) in [5, 5.41) is 12.0. The fourth-order valence-electron chi connectivity index (χ4n) is 1.24. The third-order valence-electron chi connectivity index (χ3n) is 2.28. The molecule has 0 radical (unpaired) electrons. The van der Waals surface area contributed by atoms with E-state index in [1.54, 1.807) is 24.3 Å². The van der Waals surface area contributed by atoms with E-state index >= 15 is 0 Å². The average molecular weight is 287 g/mol. The number of halogens is 1. The molecule has 6 nitrogen and oxygen atoms in total. The second-order valence-corrected chi connectivity index (χ2v) is 4.32. The SMILES string of the molecule is CC(Oc1cccc(Cl)c1)C(=O)NCC(O)C(N)=O. The van der Waals surface area contributed by atoms with Gasteiger partial charge in [-0.1, -0.05) is 17.7 Å². The second-order valence-electron chi connectivity index (χ2n) is 3.88. The maximum Gasteiger partial charge on any atom is 0.260 e. The molecule has 19 heavy (non-hydrogen) atoms. The standard InChI is InChI=1S/C12H15ClN2O4/c1-7(12(18)15-6-10(16)11(14)17)19-9-4-2-3-8(13)5-9/h2-5,7,10,16H,6H2,1H3,(H2,14,17)(H,15,18). The highest BCUT2D eigenvalue weighted by Gasteiger charge is 2.17. The summed E-state index contributed by atoms with van der Waals surface area (Å²) in [4.78, 5) is 22.2. The molecular formula is C12H15ClN2O4. The Kier molecular flexibility index (Phi) is 5.59. The maximum absolute atomic E-state index is 11.6. The predicted molar refractivity (Wildman–Crippen MR) is 69.8 cm³/mol. The first kappa shape index (κ1) is 15.3. The molecule has 104 valence electrons. The Balaban J connectivity index is 2.47. The summed E-state index contributed by atoms with van der Waals surface area (Å²) in [6.45, 7) is 1.28. The second kappa shape index (κ2) is 6.96. The van der Waals surface area contributed by atoms with E-state index in [-0.39, 0.29) is 6.54 Å². The van der Waals surface area contributed by atoms with Gasteiger partial charge in [0.2, 0.25) is 5.91 Å². The van der Waals surface area contributed by atoms with Crippen LogP contribution >= 0.6 is 11.6 Å². The van der Waals surface area contributed by atoms with Crippen LogP contribution in [0.3, 0.4) is 0 Å². The smallest absolute Gasteiger partial charge is 0.260 e. The van der Waals surface area contributed by atoms with Gasteiger partial charge in [-0.05, 0) is 25.1 Å². The molecule has 7 heteroatoms. The Bertz CT molecular complexity index is 467. The summed E-state index contributed by atoms with van der Waals surface area (Å²) in [5.41, 5.74) is 4.85. The van der Waals surface area contributed by atoms with Crippen LogP contribution in [-0.4, -0.2) is 35.7 Å². The van der Waals surface area contributed by atoms with E-state index in [1.165, 1.54) is 6.92 Å². The highest BCUT2D eigenvalue weighted by atomic mass is 35.5. The molecule has 0 heterocycles. The van der Waals surface area contributed by atoms with E-state index in [0.717, 1.165) is 0 Å². The molecule has 2 unspecified atom stereocenters. The molecule has 0 aromatic heterocycles. The van der Waals surface area contributed by atoms with Gasteiger partial charge in [-0.2, -0.15) is 0 Å². The minimum atomic E-state index is -1.41. The lowest BCUT2D eigenvalue weighted by Gasteiger charge is -2.15. The maximum atomic E-state index is 11.6. The largest absolute Gasteiger partial charge is 0.481 e. The number of primary amides is 1. The van der Waals surface area contributed by atoms with Crippen LogP contribution in [0.4, 0.5) is 0 Å². The summed E-state index contributed by atoms with van der Waals surface area (Å²) < 4.78 is 5.36. The number of amides is 2. The molecule has 1 aromatic carbocycles. The van der Waals surface area contributed by atoms with Crippen molar-refractivity contribution in [3.63, 3.8) is 0 Å². The zero-order valence-electron chi connectivity index (χ0n) is 10.3. The number of benzene rings is 1. The van der Waals surface area contributed by atoms with Crippen LogP contribution in [0.25, 0.3) is 0 Å². The zero-order chi connectivity index (χ0) is 14.4. The van der Waals surface area contributed by atoms with Crippen LogP contribution in [0.1, 0.15) is 6.92 Å². The Labute approximate surface area is 115 Å². The van der Waals surface area contributed by atoms with Gasteiger partial charge in [0.25, 0.3) is 5.91 Å². The fraction of sp³-hybridized carbons (Fsp3) is 0.333. The first-order chi connectivity index (χ1) is 8.90. The van der Waals surface area contributed by atoms with Crippen molar-refractivity contribution < 1.29 is 19.4 Å². The van der Waals surface area contributed by atoms with Crippen molar-refractivity contribution in [2.45, 2.75) is 19.1 Å². The van der Waals surface area contributed by atoms with Gasteiger partial charge >= 0.3 is 0 Å². The van der Waals surface area contributed by atoms with Gasteiger partial charge in [-0.25, -0.2) is 0 Å². The van der Waals surface area contributed by atoms with E-state index in [4.69, 9.17) is 27.2 Å². The molecule has 0 bridgehead atoms. The number of ether oxygens (including phenoxy) is 1. The Morgan fingerprint density at radius 3 is 2.79 bits per heavy atom. The molecule has 2 amide bonds. The quantitative estimate of drug-likeness (QED) is 0.689. The molecular weight excluding hydrogens is 272 g/mol. The van der Waals surface area contributed by atoms with Gasteiger partial charge in [-0.3, -0.25) is 9.59 Å². The Morgan fingerprint density at radius 2 is 2.21 bits per heavy atom. The van der Waals surface area contributed by atoms with Crippen LogP contribution in [0.5, 0.6) is 5.75 Å². The summed E-state index contributed by atoms with van der Waals surface area (Å²) in [5.74, 6) is -0.922. The Hall–Kier alpha value is -1.79. The lowest BCUT2D eigenvalue weighted by Crippen LogP contribution is -2.44. The molecule has 0 fully saturated rings. The number of hydrogen-bond acceptors (Lipinski definition) is 4. The lowest BCUT2D eigenvalue weighted by molar-refractivity contribution is -0.129. The summed E-state index contributed by atoms with van der Waals surface area (Å²) in [7, 11) is 0. The van der Waals surface area contributed by atoms with Crippen LogP contribution in [-0.2, 0) is 9.59 Å². The molecule has 0 spiro atoms. The first-order valence-corrected chi connectivity index (χ1v) is 5.95. The minimum Gasteiger partial charge on any atom is -0.481 e. The van der Waals surface area contributed by atoms with Crippen molar-refractivity contribution in [3.05, 3.63) is 29.3 Å². The number of aliphatic hydroxyl groups is 1. The van der Waals surface area contributed by atoms with E-state index in [1.807, 2.05) is 0 Å². The first-order valence-electron chi connectivity index (χ1n) is 5.57. The highest BCUT2D eigenvalue weighted by Crippen LogP contribution is 2.18.